The minimum atomic E-state index is 0.0634. The van der Waals surface area contributed by atoms with Crippen LogP contribution in [0.15, 0.2) is 4.99 Å². The zero-order chi connectivity index (χ0) is 16.2. The van der Waals surface area contributed by atoms with Gasteiger partial charge >= 0.3 is 0 Å². The quantitative estimate of drug-likeness (QED) is 0.367. The third-order valence-corrected chi connectivity index (χ3v) is 4.23. The van der Waals surface area contributed by atoms with E-state index in [1.807, 2.05) is 0 Å². The van der Waals surface area contributed by atoms with Crippen molar-refractivity contribution in [1.82, 2.24) is 16.0 Å². The molecule has 0 aliphatic heterocycles. The van der Waals surface area contributed by atoms with E-state index in [9.17, 15) is 4.79 Å². The number of nitrogens with zero attached hydrogens (tertiary/aromatic N) is 1. The van der Waals surface area contributed by atoms with Crippen LogP contribution < -0.4 is 16.0 Å². The Morgan fingerprint density at radius 2 is 1.95 bits per heavy atom. The van der Waals surface area contributed by atoms with Gasteiger partial charge in [-0.2, -0.15) is 0 Å². The van der Waals surface area contributed by atoms with Gasteiger partial charge in [-0.25, -0.2) is 0 Å². The van der Waals surface area contributed by atoms with Crippen molar-refractivity contribution in [1.29, 1.82) is 0 Å². The minimum absolute atomic E-state index is 0.0634. The summed E-state index contributed by atoms with van der Waals surface area (Å²) in [5, 5.41) is 9.56. The summed E-state index contributed by atoms with van der Waals surface area (Å²) in [6, 6.07) is 0.741. The summed E-state index contributed by atoms with van der Waals surface area (Å²) in [6.45, 7) is 4.66. The summed E-state index contributed by atoms with van der Waals surface area (Å²) in [6.07, 6.45) is 10.9. The fourth-order valence-electron chi connectivity index (χ4n) is 2.89. The number of amides is 1. The van der Waals surface area contributed by atoms with Crippen molar-refractivity contribution < 1.29 is 4.79 Å². The molecule has 3 N–H and O–H groups in total. The molecule has 0 bridgehead atoms. The summed E-state index contributed by atoms with van der Waals surface area (Å²) >= 11 is 0. The highest BCUT2D eigenvalue weighted by molar-refractivity contribution is 5.86. The number of nitrogens with one attached hydrogen (secondary N) is 3. The number of aliphatic imine (C=N–C) groups is 1. The Bertz CT molecular complexity index is 338. The molecule has 22 heavy (non-hydrogen) atoms. The first-order valence-corrected chi connectivity index (χ1v) is 8.92. The van der Waals surface area contributed by atoms with E-state index in [0.29, 0.717) is 18.0 Å². The first-order chi connectivity index (χ1) is 10.7. The molecule has 0 spiro atoms. The van der Waals surface area contributed by atoms with Gasteiger partial charge in [0, 0.05) is 19.1 Å². The van der Waals surface area contributed by atoms with E-state index < -0.39 is 0 Å². The molecule has 5 heteroatoms. The molecule has 0 aromatic heterocycles. The number of carbonyl (C=O) groups excluding carboxylic acids is 1. The highest BCUT2D eigenvalue weighted by Crippen LogP contribution is 2.17. The van der Waals surface area contributed by atoms with E-state index in [-0.39, 0.29) is 12.5 Å². The monoisotopic (exact) mass is 310 g/mol. The van der Waals surface area contributed by atoms with E-state index >= 15 is 0 Å². The molecule has 1 rings (SSSR count). The van der Waals surface area contributed by atoms with Crippen molar-refractivity contribution in [3.63, 3.8) is 0 Å². The Labute approximate surface area is 135 Å². The van der Waals surface area contributed by atoms with Gasteiger partial charge in [0.2, 0.25) is 5.91 Å². The SMILES string of the molecule is CCCCCC(C)NC(=NC)NCC(=O)NC1CCCCC1. The van der Waals surface area contributed by atoms with Crippen LogP contribution >= 0.6 is 0 Å². The maximum atomic E-state index is 12.0. The molecule has 0 radical (unpaired) electrons. The number of carbonyl (C=O) groups is 1. The molecule has 128 valence electrons. The van der Waals surface area contributed by atoms with Gasteiger partial charge in [0.15, 0.2) is 5.96 Å². The van der Waals surface area contributed by atoms with Gasteiger partial charge in [0.25, 0.3) is 0 Å². The molecular formula is C17H34N4O. The second kappa shape index (κ2) is 11.3. The van der Waals surface area contributed by atoms with Gasteiger partial charge < -0.3 is 16.0 Å². The van der Waals surface area contributed by atoms with Crippen LogP contribution in [0.2, 0.25) is 0 Å². The summed E-state index contributed by atoms with van der Waals surface area (Å²) in [7, 11) is 1.74. The first kappa shape index (κ1) is 18.8. The van der Waals surface area contributed by atoms with Crippen molar-refractivity contribution in [3.8, 4) is 0 Å². The maximum Gasteiger partial charge on any atom is 0.239 e. The molecule has 1 saturated carbocycles. The van der Waals surface area contributed by atoms with Crippen LogP contribution in [0.5, 0.6) is 0 Å². The van der Waals surface area contributed by atoms with Crippen LogP contribution in [-0.4, -0.2) is 37.5 Å². The van der Waals surface area contributed by atoms with Crippen LogP contribution in [0.3, 0.4) is 0 Å². The molecule has 0 aromatic carbocycles. The fourth-order valence-corrected chi connectivity index (χ4v) is 2.89. The van der Waals surface area contributed by atoms with Gasteiger partial charge in [0.1, 0.15) is 0 Å². The second-order valence-corrected chi connectivity index (χ2v) is 6.37. The summed E-state index contributed by atoms with van der Waals surface area (Å²) < 4.78 is 0. The highest BCUT2D eigenvalue weighted by Gasteiger charge is 2.15. The van der Waals surface area contributed by atoms with E-state index in [4.69, 9.17) is 0 Å². The Hall–Kier alpha value is -1.26. The average Bonchev–Trinajstić information content (AvgIpc) is 2.52. The summed E-state index contributed by atoms with van der Waals surface area (Å²) in [4.78, 5) is 16.2. The molecule has 1 amide bonds. The Kier molecular flexibility index (Phi) is 9.67. The molecule has 5 nitrogen and oxygen atoms in total. The van der Waals surface area contributed by atoms with E-state index in [1.165, 1.54) is 38.5 Å². The summed E-state index contributed by atoms with van der Waals surface area (Å²) in [5.74, 6) is 0.774. The lowest BCUT2D eigenvalue weighted by molar-refractivity contribution is -0.120. The summed E-state index contributed by atoms with van der Waals surface area (Å²) in [5.41, 5.74) is 0. The highest BCUT2D eigenvalue weighted by atomic mass is 16.2. The normalized spacial score (nSPS) is 17.9. The van der Waals surface area contributed by atoms with Crippen LogP contribution in [0.1, 0.15) is 71.6 Å². The number of hydrogen-bond acceptors (Lipinski definition) is 2. The van der Waals surface area contributed by atoms with Crippen LogP contribution in [0.25, 0.3) is 0 Å². The lowest BCUT2D eigenvalue weighted by Crippen LogP contribution is -2.47. The third-order valence-electron chi connectivity index (χ3n) is 4.23. The zero-order valence-electron chi connectivity index (χ0n) is 14.6. The molecular weight excluding hydrogens is 276 g/mol. The largest absolute Gasteiger partial charge is 0.354 e. The topological polar surface area (TPSA) is 65.5 Å². The number of hydrogen-bond donors (Lipinski definition) is 3. The van der Waals surface area contributed by atoms with Crippen molar-refractivity contribution in [2.75, 3.05) is 13.6 Å². The molecule has 0 heterocycles. The average molecular weight is 310 g/mol. The molecule has 1 fully saturated rings. The van der Waals surface area contributed by atoms with Crippen LogP contribution in [-0.2, 0) is 4.79 Å². The van der Waals surface area contributed by atoms with E-state index in [2.05, 4.69) is 34.8 Å². The maximum absolute atomic E-state index is 12.0. The first-order valence-electron chi connectivity index (χ1n) is 8.92. The van der Waals surface area contributed by atoms with Crippen molar-refractivity contribution in [2.24, 2.45) is 4.99 Å². The van der Waals surface area contributed by atoms with Gasteiger partial charge in [-0.05, 0) is 26.2 Å². The predicted molar refractivity (Wildman–Crippen MR) is 93.1 cm³/mol. The zero-order valence-corrected chi connectivity index (χ0v) is 14.6. The number of rotatable bonds is 8. The van der Waals surface area contributed by atoms with E-state index in [0.717, 1.165) is 19.3 Å². The molecule has 1 aliphatic carbocycles. The minimum Gasteiger partial charge on any atom is -0.354 e. The standard InChI is InChI=1S/C17H34N4O/c1-4-5-7-10-14(2)20-17(18-3)19-13-16(22)21-15-11-8-6-9-12-15/h14-15H,4-13H2,1-3H3,(H,21,22)(H2,18,19,20). The van der Waals surface area contributed by atoms with Crippen molar-refractivity contribution in [2.45, 2.75) is 83.7 Å². The van der Waals surface area contributed by atoms with Gasteiger partial charge in [-0.1, -0.05) is 45.4 Å². The van der Waals surface area contributed by atoms with Gasteiger partial charge in [-0.15, -0.1) is 0 Å². The number of unbranched alkanes of at least 4 members (excludes halogenated alkanes) is 2. The predicted octanol–water partition coefficient (Wildman–Crippen LogP) is 2.57. The molecule has 1 unspecified atom stereocenters. The fraction of sp³-hybridized carbons (Fsp3) is 0.882. The molecule has 0 saturated heterocycles. The Morgan fingerprint density at radius 3 is 2.59 bits per heavy atom. The van der Waals surface area contributed by atoms with Gasteiger partial charge in [-0.3, -0.25) is 9.79 Å². The number of guanidine groups is 1. The molecule has 1 atom stereocenters. The Balaban J connectivity index is 2.20. The lowest BCUT2D eigenvalue weighted by atomic mass is 9.95. The Morgan fingerprint density at radius 1 is 1.23 bits per heavy atom. The smallest absolute Gasteiger partial charge is 0.239 e. The molecule has 0 aromatic rings. The molecule has 1 aliphatic rings. The van der Waals surface area contributed by atoms with Gasteiger partial charge in [0.05, 0.1) is 6.54 Å². The van der Waals surface area contributed by atoms with Crippen molar-refractivity contribution in [3.05, 3.63) is 0 Å². The van der Waals surface area contributed by atoms with Crippen LogP contribution in [0.4, 0.5) is 0 Å². The second-order valence-electron chi connectivity index (χ2n) is 6.37. The lowest BCUT2D eigenvalue weighted by Gasteiger charge is -2.23. The van der Waals surface area contributed by atoms with E-state index in [1.54, 1.807) is 7.05 Å². The van der Waals surface area contributed by atoms with Crippen LogP contribution in [0, 0.1) is 0 Å². The third kappa shape index (κ3) is 8.25. The van der Waals surface area contributed by atoms with Crippen molar-refractivity contribution >= 4 is 11.9 Å².